The molecule has 0 aliphatic heterocycles. The fourth-order valence-electron chi connectivity index (χ4n) is 2.11. The van der Waals surface area contributed by atoms with Crippen LogP contribution in [0.25, 0.3) is 5.69 Å². The van der Waals surface area contributed by atoms with Gasteiger partial charge in [-0.3, -0.25) is 0 Å². The molecule has 23 heavy (non-hydrogen) atoms. The van der Waals surface area contributed by atoms with Crippen LogP contribution in [0.15, 0.2) is 30.5 Å². The summed E-state index contributed by atoms with van der Waals surface area (Å²) in [6.07, 6.45) is 4.26. The van der Waals surface area contributed by atoms with Crippen molar-refractivity contribution in [2.45, 2.75) is 12.8 Å². The normalized spacial score (nSPS) is 11.4. The lowest BCUT2D eigenvalue weighted by Crippen LogP contribution is -2.10. The highest BCUT2D eigenvalue weighted by molar-refractivity contribution is 7.86. The topological polar surface area (TPSA) is 108 Å². The summed E-state index contributed by atoms with van der Waals surface area (Å²) in [5, 5.41) is 4.27. The molecule has 0 bridgehead atoms. The molecule has 1 aromatic carbocycles. The molecule has 9 heteroatoms. The maximum Gasteiger partial charge on any atom is 0.285 e. The second kappa shape index (κ2) is 7.44. The van der Waals surface area contributed by atoms with E-state index in [1.165, 1.54) is 0 Å². The lowest BCUT2D eigenvalue weighted by molar-refractivity contribution is 0.393. The van der Waals surface area contributed by atoms with Gasteiger partial charge in [-0.15, -0.1) is 9.38 Å². The summed E-state index contributed by atoms with van der Waals surface area (Å²) < 4.78 is 33.5. The molecule has 1 aromatic heterocycles. The molecule has 0 saturated heterocycles. The predicted molar refractivity (Wildman–Crippen MR) is 87.0 cm³/mol. The Morgan fingerprint density at radius 3 is 2.78 bits per heavy atom. The number of nitrogens with one attached hydrogen (secondary N) is 1. The maximum absolute atomic E-state index is 11.0. The Bertz CT molecular complexity index is 758. The Labute approximate surface area is 135 Å². The minimum Gasteiger partial charge on any atom is -0.494 e. The Kier molecular flexibility index (Phi) is 5.59. The van der Waals surface area contributed by atoms with E-state index < -0.39 is 10.1 Å². The van der Waals surface area contributed by atoms with Crippen molar-refractivity contribution in [3.05, 3.63) is 36.0 Å². The van der Waals surface area contributed by atoms with E-state index in [4.69, 9.17) is 10.5 Å². The molecule has 8 nitrogen and oxygen atoms in total. The number of hydrogen-bond donors (Lipinski definition) is 2. The number of aryl methyl sites for hydroxylation is 1. The highest BCUT2D eigenvalue weighted by Crippen LogP contribution is 2.27. The van der Waals surface area contributed by atoms with Crippen molar-refractivity contribution in [2.24, 2.45) is 5.73 Å². The molecule has 1 heterocycles. The van der Waals surface area contributed by atoms with Crippen LogP contribution in [0.1, 0.15) is 12.0 Å². The quantitative estimate of drug-likeness (QED) is 0.692. The van der Waals surface area contributed by atoms with Crippen LogP contribution in [0, 0.1) is 0 Å². The van der Waals surface area contributed by atoms with Gasteiger partial charge in [-0.2, -0.15) is 8.42 Å². The van der Waals surface area contributed by atoms with Gasteiger partial charge in [0.15, 0.2) is 5.82 Å². The van der Waals surface area contributed by atoms with E-state index in [2.05, 4.69) is 14.9 Å². The Morgan fingerprint density at radius 2 is 2.13 bits per heavy atom. The van der Waals surface area contributed by atoms with Gasteiger partial charge >= 0.3 is 0 Å². The van der Waals surface area contributed by atoms with Gasteiger partial charge in [-0.05, 0) is 31.0 Å². The molecule has 2 aromatic rings. The Morgan fingerprint density at radius 1 is 1.35 bits per heavy atom. The minimum absolute atomic E-state index is 0.270. The summed E-state index contributed by atoms with van der Waals surface area (Å²) in [7, 11) is -2.03. The number of ether oxygens (including phenoxy) is 1. The second-order valence-corrected chi connectivity index (χ2v) is 6.47. The first-order valence-electron chi connectivity index (χ1n) is 7.01. The maximum atomic E-state index is 11.0. The van der Waals surface area contributed by atoms with Crippen molar-refractivity contribution < 1.29 is 17.4 Å². The first-order valence-corrected chi connectivity index (χ1v) is 8.82. The molecular formula is C14H20N4O4S. The molecule has 126 valence electrons. The third kappa shape index (κ3) is 4.68. The first-order chi connectivity index (χ1) is 10.9. The lowest BCUT2D eigenvalue weighted by Gasteiger charge is -2.13. The molecule has 0 unspecified atom stereocenters. The number of benzene rings is 1. The highest BCUT2D eigenvalue weighted by atomic mass is 32.2. The second-order valence-electron chi connectivity index (χ2n) is 4.90. The zero-order valence-corrected chi connectivity index (χ0v) is 13.8. The van der Waals surface area contributed by atoms with E-state index in [1.807, 2.05) is 18.2 Å². The SMILES string of the molecule is COc1cccc(CCCN)c1-n1ccc(NOS(C)(=O)=O)n1. The summed E-state index contributed by atoms with van der Waals surface area (Å²) in [5.41, 5.74) is 9.70. The van der Waals surface area contributed by atoms with Crippen molar-refractivity contribution in [1.82, 2.24) is 9.78 Å². The van der Waals surface area contributed by atoms with Gasteiger partial charge in [0.25, 0.3) is 10.1 Å². The van der Waals surface area contributed by atoms with Crippen molar-refractivity contribution >= 4 is 15.9 Å². The zero-order chi connectivity index (χ0) is 16.9. The summed E-state index contributed by atoms with van der Waals surface area (Å²) in [6.45, 7) is 0.588. The van der Waals surface area contributed by atoms with Crippen LogP contribution in [0.5, 0.6) is 5.75 Å². The molecule has 2 rings (SSSR count). The first kappa shape index (κ1) is 17.3. The third-order valence-corrected chi connectivity index (χ3v) is 3.45. The van der Waals surface area contributed by atoms with Crippen LogP contribution in [-0.2, 0) is 20.8 Å². The van der Waals surface area contributed by atoms with E-state index in [0.29, 0.717) is 12.3 Å². The van der Waals surface area contributed by atoms with E-state index in [-0.39, 0.29) is 5.82 Å². The molecule has 0 spiro atoms. The number of hydrogen-bond acceptors (Lipinski definition) is 7. The molecule has 0 aliphatic carbocycles. The van der Waals surface area contributed by atoms with Crippen molar-refractivity contribution in [2.75, 3.05) is 25.4 Å². The van der Waals surface area contributed by atoms with Gasteiger partial charge in [-0.25, -0.2) is 10.2 Å². The molecule has 0 amide bonds. The van der Waals surface area contributed by atoms with Crippen molar-refractivity contribution in [1.29, 1.82) is 0 Å². The lowest BCUT2D eigenvalue weighted by atomic mass is 10.1. The van der Waals surface area contributed by atoms with Crippen LogP contribution in [0.4, 0.5) is 5.82 Å². The molecule has 0 fully saturated rings. The van der Waals surface area contributed by atoms with E-state index in [0.717, 1.165) is 30.3 Å². The van der Waals surface area contributed by atoms with E-state index in [9.17, 15) is 8.42 Å². The van der Waals surface area contributed by atoms with Crippen LogP contribution in [-0.4, -0.2) is 38.1 Å². The van der Waals surface area contributed by atoms with Gasteiger partial charge < -0.3 is 10.5 Å². The smallest absolute Gasteiger partial charge is 0.285 e. The van der Waals surface area contributed by atoms with Gasteiger partial charge in [0, 0.05) is 12.3 Å². The van der Waals surface area contributed by atoms with Crippen molar-refractivity contribution in [3.63, 3.8) is 0 Å². The molecule has 0 radical (unpaired) electrons. The summed E-state index contributed by atoms with van der Waals surface area (Å²) in [4.78, 5) is 0. The largest absolute Gasteiger partial charge is 0.494 e. The highest BCUT2D eigenvalue weighted by Gasteiger charge is 2.13. The van der Waals surface area contributed by atoms with Gasteiger partial charge in [-0.1, -0.05) is 12.1 Å². The number of methoxy groups -OCH3 is 1. The summed E-state index contributed by atoms with van der Waals surface area (Å²) >= 11 is 0. The number of nitrogens with zero attached hydrogens (tertiary/aromatic N) is 2. The fraction of sp³-hybridized carbons (Fsp3) is 0.357. The van der Waals surface area contributed by atoms with Crippen LogP contribution in [0.2, 0.25) is 0 Å². The molecule has 0 saturated carbocycles. The monoisotopic (exact) mass is 340 g/mol. The predicted octanol–water partition coefficient (Wildman–Crippen LogP) is 1.08. The van der Waals surface area contributed by atoms with Gasteiger partial charge in [0.2, 0.25) is 0 Å². The number of rotatable bonds is 8. The van der Waals surface area contributed by atoms with Crippen molar-refractivity contribution in [3.8, 4) is 11.4 Å². The summed E-state index contributed by atoms with van der Waals surface area (Å²) in [6, 6.07) is 7.33. The average molecular weight is 340 g/mol. The fourth-order valence-corrected chi connectivity index (χ4v) is 2.34. The molecule has 0 aliphatic rings. The molecule has 3 N–H and O–H groups in total. The number of para-hydroxylation sites is 1. The molecular weight excluding hydrogens is 320 g/mol. The Balaban J connectivity index is 2.31. The van der Waals surface area contributed by atoms with Crippen LogP contribution in [0.3, 0.4) is 0 Å². The third-order valence-electron chi connectivity index (χ3n) is 3.07. The van der Waals surface area contributed by atoms with E-state index in [1.54, 1.807) is 24.1 Å². The number of aromatic nitrogens is 2. The molecule has 0 atom stereocenters. The van der Waals surface area contributed by atoms with E-state index >= 15 is 0 Å². The number of anilines is 1. The number of nitrogens with two attached hydrogens (primary N) is 1. The summed E-state index contributed by atoms with van der Waals surface area (Å²) in [5.74, 6) is 0.935. The minimum atomic E-state index is -3.61. The van der Waals surface area contributed by atoms with Gasteiger partial charge in [0.1, 0.15) is 11.4 Å². The van der Waals surface area contributed by atoms with Gasteiger partial charge in [0.05, 0.1) is 13.4 Å². The van der Waals surface area contributed by atoms with Crippen LogP contribution < -0.4 is 16.0 Å². The average Bonchev–Trinajstić information content (AvgIpc) is 2.98. The zero-order valence-electron chi connectivity index (χ0n) is 13.0. The standard InChI is InChI=1S/C14H20N4O4S/c1-21-12-7-3-5-11(6-4-9-15)14(12)18-10-8-13(16-18)17-22-23(2,19)20/h3,5,7-8,10H,4,6,9,15H2,1-2H3,(H,16,17). The Hall–Kier alpha value is -2.10. The van der Waals surface area contributed by atoms with Crippen LogP contribution >= 0.6 is 0 Å².